The number of carbonyl (C=O) groups excluding carboxylic acids is 2. The van der Waals surface area contributed by atoms with Crippen molar-refractivity contribution in [2.75, 3.05) is 6.54 Å². The van der Waals surface area contributed by atoms with E-state index in [-0.39, 0.29) is 24.0 Å². The molecule has 3 fully saturated rings. The second-order valence-corrected chi connectivity index (χ2v) is 5.84. The third-order valence-electron chi connectivity index (χ3n) is 4.67. The van der Waals surface area contributed by atoms with Crippen LogP contribution in [-0.2, 0) is 4.79 Å². The molecule has 1 unspecified atom stereocenters. The van der Waals surface area contributed by atoms with Crippen molar-refractivity contribution in [3.05, 3.63) is 0 Å². The van der Waals surface area contributed by atoms with E-state index < -0.39 is 0 Å². The number of fused-ring (bicyclic) bond motifs is 1. The molecule has 3 aliphatic rings. The van der Waals surface area contributed by atoms with Gasteiger partial charge >= 0.3 is 6.03 Å². The van der Waals surface area contributed by atoms with Crippen molar-refractivity contribution in [1.29, 1.82) is 0 Å². The van der Waals surface area contributed by atoms with Crippen molar-refractivity contribution < 1.29 is 9.59 Å². The minimum atomic E-state index is -0.137. The summed E-state index contributed by atoms with van der Waals surface area (Å²) in [5.74, 6) is 0.0915. The molecule has 2 heterocycles. The molecule has 0 aromatic carbocycles. The second kappa shape index (κ2) is 4.90. The van der Waals surface area contributed by atoms with Crippen LogP contribution in [0.5, 0.6) is 0 Å². The molecular weight excluding hydrogens is 228 g/mol. The summed E-state index contributed by atoms with van der Waals surface area (Å²) in [6.07, 6.45) is 9.74. The van der Waals surface area contributed by atoms with Crippen molar-refractivity contribution >= 4 is 11.9 Å². The largest absolute Gasteiger partial charge is 0.327 e. The van der Waals surface area contributed by atoms with E-state index in [0.29, 0.717) is 0 Å². The van der Waals surface area contributed by atoms with E-state index in [2.05, 4.69) is 0 Å². The van der Waals surface area contributed by atoms with Crippen molar-refractivity contribution in [3.8, 4) is 0 Å². The molecule has 2 aliphatic heterocycles. The first kappa shape index (κ1) is 12.0. The molecule has 4 nitrogen and oxygen atoms in total. The normalized spacial score (nSPS) is 30.6. The fourth-order valence-corrected chi connectivity index (χ4v) is 3.66. The SMILES string of the molecule is O=C1C2CCCCCN2C(=O)N1C1CCCCC1. The van der Waals surface area contributed by atoms with Gasteiger partial charge in [-0.15, -0.1) is 0 Å². The number of rotatable bonds is 1. The molecule has 4 heteroatoms. The smallest absolute Gasteiger partial charge is 0.312 e. The number of urea groups is 1. The van der Waals surface area contributed by atoms with Gasteiger partial charge in [0.25, 0.3) is 5.91 Å². The zero-order valence-corrected chi connectivity index (χ0v) is 10.9. The molecule has 0 aromatic heterocycles. The monoisotopic (exact) mass is 250 g/mol. The number of carbonyl (C=O) groups is 2. The number of imide groups is 1. The van der Waals surface area contributed by atoms with Crippen molar-refractivity contribution in [2.24, 2.45) is 0 Å². The maximum Gasteiger partial charge on any atom is 0.327 e. The maximum atomic E-state index is 12.5. The van der Waals surface area contributed by atoms with Gasteiger partial charge in [-0.1, -0.05) is 32.1 Å². The van der Waals surface area contributed by atoms with Crippen molar-refractivity contribution in [2.45, 2.75) is 69.9 Å². The average Bonchev–Trinajstić information content (AvgIpc) is 2.60. The molecule has 0 radical (unpaired) electrons. The lowest BCUT2D eigenvalue weighted by molar-refractivity contribution is -0.130. The molecular formula is C14H22N2O2. The summed E-state index contributed by atoms with van der Waals surface area (Å²) >= 11 is 0. The van der Waals surface area contributed by atoms with Crippen LogP contribution in [0.4, 0.5) is 4.79 Å². The Labute approximate surface area is 108 Å². The van der Waals surface area contributed by atoms with Gasteiger partial charge in [0.15, 0.2) is 0 Å². The van der Waals surface area contributed by atoms with Crippen molar-refractivity contribution in [3.63, 3.8) is 0 Å². The van der Waals surface area contributed by atoms with Crippen LogP contribution in [0.1, 0.15) is 57.8 Å². The lowest BCUT2D eigenvalue weighted by atomic mass is 9.94. The molecule has 0 N–H and O–H groups in total. The highest BCUT2D eigenvalue weighted by atomic mass is 16.2. The maximum absolute atomic E-state index is 12.5. The molecule has 1 aliphatic carbocycles. The predicted octanol–water partition coefficient (Wildman–Crippen LogP) is 2.53. The van der Waals surface area contributed by atoms with Gasteiger partial charge in [0.1, 0.15) is 6.04 Å². The molecule has 1 atom stereocenters. The third kappa shape index (κ3) is 1.91. The molecule has 3 rings (SSSR count). The Bertz CT molecular complexity index is 326. The molecule has 0 spiro atoms. The van der Waals surface area contributed by atoms with Crippen LogP contribution >= 0.6 is 0 Å². The predicted molar refractivity (Wildman–Crippen MR) is 68.1 cm³/mol. The quantitative estimate of drug-likeness (QED) is 0.671. The van der Waals surface area contributed by atoms with E-state index in [4.69, 9.17) is 0 Å². The second-order valence-electron chi connectivity index (χ2n) is 5.84. The molecule has 0 bridgehead atoms. The summed E-state index contributed by atoms with van der Waals surface area (Å²) in [6, 6.07) is 0.0476. The fourth-order valence-electron chi connectivity index (χ4n) is 3.66. The van der Waals surface area contributed by atoms with Gasteiger partial charge < -0.3 is 4.90 Å². The summed E-state index contributed by atoms with van der Waals surface area (Å²) in [6.45, 7) is 0.776. The van der Waals surface area contributed by atoms with Crippen molar-refractivity contribution in [1.82, 2.24) is 9.80 Å². The van der Waals surface area contributed by atoms with Crippen LogP contribution < -0.4 is 0 Å². The minimum absolute atomic E-state index is 0.00111. The molecule has 100 valence electrons. The Morgan fingerprint density at radius 2 is 1.50 bits per heavy atom. The standard InChI is InChI=1S/C14H22N2O2/c17-13-12-9-5-2-6-10-15(12)14(18)16(13)11-7-3-1-4-8-11/h11-12H,1-10H2. The van der Waals surface area contributed by atoms with Gasteiger partial charge in [0.2, 0.25) is 0 Å². The summed E-state index contributed by atoms with van der Waals surface area (Å²) < 4.78 is 0. The van der Waals surface area contributed by atoms with Crippen LogP contribution in [0.2, 0.25) is 0 Å². The summed E-state index contributed by atoms with van der Waals surface area (Å²) in [7, 11) is 0. The zero-order valence-electron chi connectivity index (χ0n) is 10.9. The fraction of sp³-hybridized carbons (Fsp3) is 0.857. The van der Waals surface area contributed by atoms with Gasteiger partial charge in [0, 0.05) is 12.6 Å². The number of hydrogen-bond donors (Lipinski definition) is 0. The van der Waals surface area contributed by atoms with Gasteiger partial charge in [-0.05, 0) is 25.7 Å². The van der Waals surface area contributed by atoms with Crippen LogP contribution in [-0.4, -0.2) is 40.4 Å². The summed E-state index contributed by atoms with van der Waals surface area (Å²) in [4.78, 5) is 28.3. The highest BCUT2D eigenvalue weighted by Crippen LogP contribution is 2.31. The van der Waals surface area contributed by atoms with Gasteiger partial charge in [-0.2, -0.15) is 0 Å². The first-order chi connectivity index (χ1) is 8.79. The first-order valence-electron chi connectivity index (χ1n) is 7.43. The highest BCUT2D eigenvalue weighted by Gasteiger charge is 2.47. The number of hydrogen-bond acceptors (Lipinski definition) is 2. The lowest BCUT2D eigenvalue weighted by Crippen LogP contribution is -2.42. The van der Waals surface area contributed by atoms with E-state index in [9.17, 15) is 9.59 Å². The topological polar surface area (TPSA) is 40.6 Å². The Balaban J connectivity index is 1.79. The average molecular weight is 250 g/mol. The molecule has 1 saturated carbocycles. The Morgan fingerprint density at radius 3 is 2.28 bits per heavy atom. The van der Waals surface area contributed by atoms with Crippen LogP contribution in [0, 0.1) is 0 Å². The van der Waals surface area contributed by atoms with Gasteiger partial charge in [-0.25, -0.2) is 4.79 Å². The lowest BCUT2D eigenvalue weighted by Gasteiger charge is -2.29. The number of amides is 3. The molecule has 0 aromatic rings. The van der Waals surface area contributed by atoms with E-state index in [1.165, 1.54) is 6.42 Å². The third-order valence-corrected chi connectivity index (χ3v) is 4.67. The molecule has 3 amide bonds. The highest BCUT2D eigenvalue weighted by molar-refractivity contribution is 6.04. The van der Waals surface area contributed by atoms with Crippen LogP contribution in [0.25, 0.3) is 0 Å². The Morgan fingerprint density at radius 1 is 0.833 bits per heavy atom. The van der Waals surface area contributed by atoms with E-state index >= 15 is 0 Å². The van der Waals surface area contributed by atoms with E-state index in [1.807, 2.05) is 4.90 Å². The number of nitrogens with zero attached hydrogens (tertiary/aromatic N) is 2. The Kier molecular flexibility index (Phi) is 3.27. The van der Waals surface area contributed by atoms with Crippen LogP contribution in [0.3, 0.4) is 0 Å². The van der Waals surface area contributed by atoms with E-state index in [0.717, 1.165) is 57.9 Å². The summed E-state index contributed by atoms with van der Waals surface area (Å²) in [5.41, 5.74) is 0. The minimum Gasteiger partial charge on any atom is -0.312 e. The summed E-state index contributed by atoms with van der Waals surface area (Å²) in [5, 5.41) is 0. The zero-order chi connectivity index (χ0) is 12.5. The molecule has 18 heavy (non-hydrogen) atoms. The van der Waals surface area contributed by atoms with Gasteiger partial charge in [-0.3, -0.25) is 9.69 Å². The van der Waals surface area contributed by atoms with Crippen LogP contribution in [0.15, 0.2) is 0 Å². The van der Waals surface area contributed by atoms with Gasteiger partial charge in [0.05, 0.1) is 0 Å². The Hall–Kier alpha value is -1.06. The first-order valence-corrected chi connectivity index (χ1v) is 7.43. The van der Waals surface area contributed by atoms with E-state index in [1.54, 1.807) is 4.90 Å². The molecule has 2 saturated heterocycles.